The Balaban J connectivity index is 2.36. The highest BCUT2D eigenvalue weighted by Gasteiger charge is 2.14. The number of nitrogens with two attached hydrogens (primary N) is 1. The largest absolute Gasteiger partial charge is 0.399 e. The van der Waals surface area contributed by atoms with E-state index in [0.29, 0.717) is 5.82 Å². The van der Waals surface area contributed by atoms with Crippen molar-refractivity contribution in [1.29, 1.82) is 0 Å². The van der Waals surface area contributed by atoms with Crippen LogP contribution in [0.3, 0.4) is 0 Å². The molecule has 3 N–H and O–H groups in total. The first-order valence-electron chi connectivity index (χ1n) is 5.67. The second kappa shape index (κ2) is 4.97. The summed E-state index contributed by atoms with van der Waals surface area (Å²) in [7, 11) is -1.75. The number of sulfone groups is 1. The van der Waals surface area contributed by atoms with Gasteiger partial charge in [-0.25, -0.2) is 8.42 Å². The molecule has 7 nitrogen and oxygen atoms in total. The topological polar surface area (TPSA) is 107 Å². The Morgan fingerprint density at radius 2 is 2.05 bits per heavy atom. The molecule has 8 heteroatoms. The molecule has 0 spiro atoms. The number of hydrogen-bond donors (Lipinski definition) is 2. The molecule has 0 saturated heterocycles. The Morgan fingerprint density at radius 1 is 1.35 bits per heavy atom. The van der Waals surface area contributed by atoms with E-state index in [9.17, 15) is 13.2 Å². The maximum absolute atomic E-state index is 12.1. The lowest BCUT2D eigenvalue weighted by Gasteiger charge is -2.08. The zero-order valence-electron chi connectivity index (χ0n) is 11.0. The van der Waals surface area contributed by atoms with Gasteiger partial charge in [-0.15, -0.1) is 0 Å². The second-order valence-electron chi connectivity index (χ2n) is 4.36. The van der Waals surface area contributed by atoms with Crippen molar-refractivity contribution < 1.29 is 13.2 Å². The van der Waals surface area contributed by atoms with Crippen molar-refractivity contribution in [3.63, 3.8) is 0 Å². The van der Waals surface area contributed by atoms with Crippen LogP contribution < -0.4 is 11.1 Å². The summed E-state index contributed by atoms with van der Waals surface area (Å²) >= 11 is 0. The SMILES string of the molecule is Cn1nccc1NC(=O)c1cc(N)cc(S(C)(=O)=O)c1. The van der Waals surface area contributed by atoms with E-state index in [2.05, 4.69) is 10.4 Å². The number of aryl methyl sites for hydroxylation is 1. The van der Waals surface area contributed by atoms with Crippen molar-refractivity contribution in [3.05, 3.63) is 36.0 Å². The monoisotopic (exact) mass is 294 g/mol. The minimum Gasteiger partial charge on any atom is -0.399 e. The molecule has 0 aliphatic rings. The van der Waals surface area contributed by atoms with Crippen molar-refractivity contribution in [2.45, 2.75) is 4.90 Å². The summed E-state index contributed by atoms with van der Waals surface area (Å²) in [6, 6.07) is 5.65. The van der Waals surface area contributed by atoms with Gasteiger partial charge in [0.25, 0.3) is 5.91 Å². The van der Waals surface area contributed by atoms with E-state index < -0.39 is 15.7 Å². The van der Waals surface area contributed by atoms with Crippen LogP contribution in [0.2, 0.25) is 0 Å². The number of nitrogens with one attached hydrogen (secondary N) is 1. The lowest BCUT2D eigenvalue weighted by molar-refractivity contribution is 0.102. The average molecular weight is 294 g/mol. The van der Waals surface area contributed by atoms with Crippen molar-refractivity contribution >= 4 is 27.2 Å². The number of aromatic nitrogens is 2. The van der Waals surface area contributed by atoms with E-state index in [1.165, 1.54) is 29.1 Å². The summed E-state index contributed by atoms with van der Waals surface area (Å²) in [5.41, 5.74) is 6.02. The standard InChI is InChI=1S/C12H14N4O3S/c1-16-11(3-4-14-16)15-12(17)8-5-9(13)7-10(6-8)20(2,18)19/h3-7H,13H2,1-2H3,(H,15,17). The summed E-state index contributed by atoms with van der Waals surface area (Å²) < 4.78 is 24.5. The van der Waals surface area contributed by atoms with Crippen molar-refractivity contribution in [2.24, 2.45) is 7.05 Å². The summed E-state index contributed by atoms with van der Waals surface area (Å²) in [6.45, 7) is 0. The molecule has 20 heavy (non-hydrogen) atoms. The van der Waals surface area contributed by atoms with Gasteiger partial charge in [0.1, 0.15) is 5.82 Å². The third kappa shape index (κ3) is 2.97. The number of anilines is 2. The van der Waals surface area contributed by atoms with Crippen LogP contribution >= 0.6 is 0 Å². The molecule has 0 aliphatic heterocycles. The molecule has 0 aliphatic carbocycles. The molecule has 2 aromatic rings. The Morgan fingerprint density at radius 3 is 2.60 bits per heavy atom. The quantitative estimate of drug-likeness (QED) is 0.809. The number of carbonyl (C=O) groups excluding carboxylic acids is 1. The normalized spacial score (nSPS) is 11.3. The van der Waals surface area contributed by atoms with Crippen LogP contribution in [0.1, 0.15) is 10.4 Å². The molecule has 0 bridgehead atoms. The van der Waals surface area contributed by atoms with E-state index in [4.69, 9.17) is 5.73 Å². The van der Waals surface area contributed by atoms with Gasteiger partial charge in [-0.1, -0.05) is 0 Å². The number of nitrogens with zero attached hydrogens (tertiary/aromatic N) is 2. The lowest BCUT2D eigenvalue weighted by Crippen LogP contribution is -2.15. The molecule has 0 fully saturated rings. The predicted octanol–water partition coefficient (Wildman–Crippen LogP) is 0.658. The maximum atomic E-state index is 12.1. The minimum absolute atomic E-state index is 0.00709. The predicted molar refractivity (Wildman–Crippen MR) is 75.1 cm³/mol. The van der Waals surface area contributed by atoms with E-state index in [1.54, 1.807) is 13.1 Å². The van der Waals surface area contributed by atoms with Gasteiger partial charge >= 0.3 is 0 Å². The average Bonchev–Trinajstić information content (AvgIpc) is 2.73. The summed E-state index contributed by atoms with van der Waals surface area (Å²) in [6.07, 6.45) is 2.60. The summed E-state index contributed by atoms with van der Waals surface area (Å²) in [4.78, 5) is 12.1. The first kappa shape index (κ1) is 14.1. The number of amides is 1. The highest BCUT2D eigenvalue weighted by Crippen LogP contribution is 2.18. The number of rotatable bonds is 3. The van der Waals surface area contributed by atoms with Gasteiger partial charge < -0.3 is 11.1 Å². The number of hydrogen-bond acceptors (Lipinski definition) is 5. The second-order valence-corrected chi connectivity index (χ2v) is 6.37. The minimum atomic E-state index is -3.43. The number of benzene rings is 1. The molecule has 0 saturated carbocycles. The first-order chi connectivity index (χ1) is 9.27. The van der Waals surface area contributed by atoms with Gasteiger partial charge in [0.15, 0.2) is 9.84 Å². The number of carbonyl (C=O) groups is 1. The maximum Gasteiger partial charge on any atom is 0.256 e. The molecule has 1 amide bonds. The first-order valence-corrected chi connectivity index (χ1v) is 7.56. The van der Waals surface area contributed by atoms with Crippen LogP contribution in [0.4, 0.5) is 11.5 Å². The van der Waals surface area contributed by atoms with E-state index in [-0.39, 0.29) is 16.1 Å². The molecular formula is C12H14N4O3S. The zero-order chi connectivity index (χ0) is 14.9. The molecule has 0 atom stereocenters. The smallest absolute Gasteiger partial charge is 0.256 e. The molecule has 106 valence electrons. The lowest BCUT2D eigenvalue weighted by atomic mass is 10.2. The molecule has 1 aromatic carbocycles. The Labute approximate surface area is 116 Å². The fourth-order valence-electron chi connectivity index (χ4n) is 1.65. The van der Waals surface area contributed by atoms with Crippen LogP contribution in [0.5, 0.6) is 0 Å². The molecule has 1 heterocycles. The van der Waals surface area contributed by atoms with Crippen molar-refractivity contribution in [1.82, 2.24) is 9.78 Å². The number of nitrogen functional groups attached to an aromatic ring is 1. The van der Waals surface area contributed by atoms with Crippen LogP contribution in [0, 0.1) is 0 Å². The van der Waals surface area contributed by atoms with Crippen molar-refractivity contribution in [2.75, 3.05) is 17.3 Å². The summed E-state index contributed by atoms with van der Waals surface area (Å²) in [5, 5.41) is 6.54. The Kier molecular flexibility index (Phi) is 3.49. The van der Waals surface area contributed by atoms with Crippen LogP contribution in [0.15, 0.2) is 35.4 Å². The summed E-state index contributed by atoms with van der Waals surface area (Å²) in [5.74, 6) is 0.0455. The third-order valence-electron chi connectivity index (χ3n) is 2.68. The Hall–Kier alpha value is -2.35. The van der Waals surface area contributed by atoms with Gasteiger partial charge in [-0.2, -0.15) is 5.10 Å². The van der Waals surface area contributed by atoms with E-state index in [1.807, 2.05) is 0 Å². The molecular weight excluding hydrogens is 280 g/mol. The van der Waals surface area contributed by atoms with Crippen LogP contribution in [0.25, 0.3) is 0 Å². The fourth-order valence-corrected chi connectivity index (χ4v) is 2.34. The molecule has 1 aromatic heterocycles. The van der Waals surface area contributed by atoms with E-state index >= 15 is 0 Å². The van der Waals surface area contributed by atoms with Crippen LogP contribution in [-0.4, -0.2) is 30.4 Å². The molecule has 0 unspecified atom stereocenters. The van der Waals surface area contributed by atoms with Gasteiger partial charge in [0.05, 0.1) is 11.1 Å². The van der Waals surface area contributed by atoms with Crippen molar-refractivity contribution in [3.8, 4) is 0 Å². The fraction of sp³-hybridized carbons (Fsp3) is 0.167. The zero-order valence-corrected chi connectivity index (χ0v) is 11.8. The van der Waals surface area contributed by atoms with E-state index in [0.717, 1.165) is 6.26 Å². The van der Waals surface area contributed by atoms with Crippen LogP contribution in [-0.2, 0) is 16.9 Å². The highest BCUT2D eigenvalue weighted by molar-refractivity contribution is 7.90. The third-order valence-corrected chi connectivity index (χ3v) is 3.77. The van der Waals surface area contributed by atoms with Gasteiger partial charge in [-0.05, 0) is 18.2 Å². The highest BCUT2D eigenvalue weighted by atomic mass is 32.2. The molecule has 0 radical (unpaired) electrons. The van der Waals surface area contributed by atoms with Gasteiger partial charge in [0, 0.05) is 30.6 Å². The van der Waals surface area contributed by atoms with Gasteiger partial charge in [0.2, 0.25) is 0 Å². The van der Waals surface area contributed by atoms with Gasteiger partial charge in [-0.3, -0.25) is 9.48 Å². The Bertz CT molecular complexity index is 765. The molecule has 2 rings (SSSR count).